The van der Waals surface area contributed by atoms with Crippen LogP contribution in [-0.4, -0.2) is 37.1 Å². The molecule has 3 N–H and O–H groups in total. The predicted molar refractivity (Wildman–Crippen MR) is 129 cm³/mol. The predicted octanol–water partition coefficient (Wildman–Crippen LogP) is 1.43. The molecular weight excluding hydrogens is 470 g/mol. The maximum absolute atomic E-state index is 13.0. The number of fused-ring (bicyclic) bond motifs is 1. The van der Waals surface area contributed by atoms with Gasteiger partial charge in [-0.1, -0.05) is 54.6 Å². The van der Waals surface area contributed by atoms with Crippen LogP contribution < -0.4 is 21.1 Å². The van der Waals surface area contributed by atoms with Gasteiger partial charge in [0.05, 0.1) is 16.8 Å². The number of nitrogens with one attached hydrogen (secondary N) is 3. The Bertz CT molecular complexity index is 1580. The number of carbonyl (C=O) groups excluding carboxylic acids is 2. The van der Waals surface area contributed by atoms with Crippen molar-refractivity contribution < 1.29 is 18.0 Å². The molecule has 0 aliphatic heterocycles. The van der Waals surface area contributed by atoms with Crippen LogP contribution in [0.3, 0.4) is 0 Å². The van der Waals surface area contributed by atoms with Crippen molar-refractivity contribution in [1.29, 1.82) is 0 Å². The molecule has 4 rings (SSSR count). The Labute approximate surface area is 200 Å². The Morgan fingerprint density at radius 3 is 2.23 bits per heavy atom. The van der Waals surface area contributed by atoms with Crippen molar-refractivity contribution in [2.45, 2.75) is 11.4 Å². The quantitative estimate of drug-likeness (QED) is 0.349. The molecule has 0 unspecified atom stereocenters. The highest BCUT2D eigenvalue weighted by molar-refractivity contribution is 7.89. The molecule has 0 atom stereocenters. The second-order valence-corrected chi connectivity index (χ2v) is 9.37. The van der Waals surface area contributed by atoms with E-state index < -0.39 is 21.8 Å². The van der Waals surface area contributed by atoms with Gasteiger partial charge in [-0.3, -0.25) is 25.2 Å². The first-order chi connectivity index (χ1) is 16.8. The summed E-state index contributed by atoms with van der Waals surface area (Å²) in [5.74, 6) is -1.47. The molecule has 178 valence electrons. The fourth-order valence-electron chi connectivity index (χ4n) is 3.43. The molecule has 3 aromatic carbocycles. The largest absolute Gasteiger partial charge is 0.290 e. The van der Waals surface area contributed by atoms with Crippen LogP contribution >= 0.6 is 0 Å². The number of nitrogens with zero attached hydrogens (tertiary/aromatic N) is 2. The highest BCUT2D eigenvalue weighted by Gasteiger charge is 2.19. The molecule has 35 heavy (non-hydrogen) atoms. The molecule has 0 aliphatic rings. The summed E-state index contributed by atoms with van der Waals surface area (Å²) < 4.78 is 27.4. The van der Waals surface area contributed by atoms with Crippen molar-refractivity contribution in [3.63, 3.8) is 0 Å². The smallest absolute Gasteiger partial charge is 0.267 e. The van der Waals surface area contributed by atoms with Gasteiger partial charge in [-0.25, -0.2) is 17.8 Å². The summed E-state index contributed by atoms with van der Waals surface area (Å²) in [6.07, 6.45) is 0. The van der Waals surface area contributed by atoms with Crippen LogP contribution in [0.15, 0.2) is 88.6 Å². The number of hydrogen-bond donors (Lipinski definition) is 3. The first-order valence-corrected chi connectivity index (χ1v) is 12.0. The number of aromatic nitrogens is 2. The minimum absolute atomic E-state index is 0.0217. The van der Waals surface area contributed by atoms with Gasteiger partial charge < -0.3 is 0 Å². The number of sulfonamides is 1. The van der Waals surface area contributed by atoms with E-state index in [-0.39, 0.29) is 28.3 Å². The monoisotopic (exact) mass is 491 g/mol. The van der Waals surface area contributed by atoms with E-state index in [1.54, 1.807) is 24.3 Å². The zero-order chi connectivity index (χ0) is 25.0. The van der Waals surface area contributed by atoms with Crippen LogP contribution in [0.2, 0.25) is 0 Å². The summed E-state index contributed by atoms with van der Waals surface area (Å²) in [7, 11) is -2.49. The number of hydrogen-bond acceptors (Lipinski definition) is 6. The van der Waals surface area contributed by atoms with Crippen LogP contribution in [0.25, 0.3) is 10.8 Å². The summed E-state index contributed by atoms with van der Waals surface area (Å²) in [6, 6.07) is 21.1. The molecular formula is C24H21N5O5S. The van der Waals surface area contributed by atoms with E-state index in [1.807, 2.05) is 30.3 Å². The summed E-state index contributed by atoms with van der Waals surface area (Å²) >= 11 is 0. The molecule has 2 amide bonds. The summed E-state index contributed by atoms with van der Waals surface area (Å²) in [6.45, 7) is 0.157. The standard InChI is InChI=1S/C24H21N5O5S/c1-25-35(33,34)18-11-7-10-17(14-18)22(30)26-27-23(31)21-19-12-5-6-13-20(19)24(32)29(28-21)15-16-8-3-2-4-9-16/h2-14,25H,15H2,1H3,(H,26,30)(H,27,31). The fraction of sp³-hybridized carbons (Fsp3) is 0.0833. The lowest BCUT2D eigenvalue weighted by Crippen LogP contribution is -2.43. The van der Waals surface area contributed by atoms with Crippen LogP contribution in [0.5, 0.6) is 0 Å². The van der Waals surface area contributed by atoms with Crippen molar-refractivity contribution in [1.82, 2.24) is 25.4 Å². The van der Waals surface area contributed by atoms with E-state index in [0.29, 0.717) is 10.8 Å². The number of benzene rings is 3. The van der Waals surface area contributed by atoms with E-state index >= 15 is 0 Å². The van der Waals surface area contributed by atoms with Gasteiger partial charge in [0.25, 0.3) is 17.4 Å². The Morgan fingerprint density at radius 1 is 0.857 bits per heavy atom. The van der Waals surface area contributed by atoms with Gasteiger partial charge in [0.2, 0.25) is 10.0 Å². The first-order valence-electron chi connectivity index (χ1n) is 10.5. The highest BCUT2D eigenvalue weighted by atomic mass is 32.2. The van der Waals surface area contributed by atoms with Crippen molar-refractivity contribution in [3.8, 4) is 0 Å². The fourth-order valence-corrected chi connectivity index (χ4v) is 4.21. The number of rotatable bonds is 6. The average Bonchev–Trinajstić information content (AvgIpc) is 2.89. The molecule has 1 heterocycles. The summed E-state index contributed by atoms with van der Waals surface area (Å²) in [4.78, 5) is 38.4. The van der Waals surface area contributed by atoms with Crippen molar-refractivity contribution >= 4 is 32.6 Å². The Balaban J connectivity index is 1.60. The molecule has 11 heteroatoms. The summed E-state index contributed by atoms with van der Waals surface area (Å²) in [5.41, 5.74) is 4.99. The third-order valence-corrected chi connectivity index (χ3v) is 6.63. The molecule has 10 nitrogen and oxygen atoms in total. The number of carbonyl (C=O) groups is 2. The van der Waals surface area contributed by atoms with Crippen LogP contribution in [-0.2, 0) is 16.6 Å². The average molecular weight is 492 g/mol. The first kappa shape index (κ1) is 23.8. The normalized spacial score (nSPS) is 11.2. The molecule has 0 bridgehead atoms. The SMILES string of the molecule is CNS(=O)(=O)c1cccc(C(=O)NNC(=O)c2nn(Cc3ccccc3)c(=O)c3ccccc23)c1. The lowest BCUT2D eigenvalue weighted by molar-refractivity contribution is 0.0843. The molecule has 0 saturated heterocycles. The van der Waals surface area contributed by atoms with Crippen molar-refractivity contribution in [2.75, 3.05) is 7.05 Å². The van der Waals surface area contributed by atoms with Gasteiger partial charge in [-0.2, -0.15) is 5.10 Å². The maximum Gasteiger partial charge on any atom is 0.290 e. The zero-order valence-electron chi connectivity index (χ0n) is 18.6. The van der Waals surface area contributed by atoms with E-state index in [1.165, 1.54) is 36.0 Å². The molecule has 0 aliphatic carbocycles. The molecule has 1 aromatic heterocycles. The van der Waals surface area contributed by atoms with Gasteiger partial charge in [0, 0.05) is 10.9 Å². The number of amides is 2. The van der Waals surface area contributed by atoms with Gasteiger partial charge in [0.1, 0.15) is 0 Å². The van der Waals surface area contributed by atoms with E-state index in [2.05, 4.69) is 20.7 Å². The Kier molecular flexibility index (Phi) is 6.71. The van der Waals surface area contributed by atoms with Gasteiger partial charge >= 0.3 is 0 Å². The van der Waals surface area contributed by atoms with Crippen molar-refractivity contribution in [2.24, 2.45) is 0 Å². The topological polar surface area (TPSA) is 139 Å². The second kappa shape index (κ2) is 9.87. The minimum Gasteiger partial charge on any atom is -0.267 e. The minimum atomic E-state index is -3.75. The number of hydrazine groups is 1. The molecule has 0 radical (unpaired) electrons. The van der Waals surface area contributed by atoms with E-state index in [0.717, 1.165) is 5.56 Å². The lowest BCUT2D eigenvalue weighted by Gasteiger charge is -2.12. The third kappa shape index (κ3) is 5.10. The molecule has 0 fully saturated rings. The van der Waals surface area contributed by atoms with Gasteiger partial charge in [0.15, 0.2) is 5.69 Å². The van der Waals surface area contributed by atoms with Gasteiger partial charge in [-0.15, -0.1) is 0 Å². The van der Waals surface area contributed by atoms with E-state index in [9.17, 15) is 22.8 Å². The van der Waals surface area contributed by atoms with Crippen LogP contribution in [0.4, 0.5) is 0 Å². The van der Waals surface area contributed by atoms with E-state index in [4.69, 9.17) is 0 Å². The van der Waals surface area contributed by atoms with Crippen LogP contribution in [0, 0.1) is 0 Å². The summed E-state index contributed by atoms with van der Waals surface area (Å²) in [5, 5.41) is 4.89. The Morgan fingerprint density at radius 2 is 1.51 bits per heavy atom. The molecule has 0 saturated carbocycles. The maximum atomic E-state index is 13.0. The Hall–Kier alpha value is -4.35. The highest BCUT2D eigenvalue weighted by Crippen LogP contribution is 2.14. The second-order valence-electron chi connectivity index (χ2n) is 7.49. The van der Waals surface area contributed by atoms with Crippen molar-refractivity contribution in [3.05, 3.63) is 106 Å². The van der Waals surface area contributed by atoms with Crippen LogP contribution in [0.1, 0.15) is 26.4 Å². The zero-order valence-corrected chi connectivity index (χ0v) is 19.4. The molecule has 0 spiro atoms. The van der Waals surface area contributed by atoms with Gasteiger partial charge in [-0.05, 0) is 36.9 Å². The molecule has 4 aromatic rings. The third-order valence-electron chi connectivity index (χ3n) is 5.22. The lowest BCUT2D eigenvalue weighted by atomic mass is 10.1.